The van der Waals surface area contributed by atoms with Crippen molar-refractivity contribution in [3.63, 3.8) is 0 Å². The van der Waals surface area contributed by atoms with Crippen LogP contribution in [0.3, 0.4) is 0 Å². The van der Waals surface area contributed by atoms with Gasteiger partial charge in [0.15, 0.2) is 0 Å². The lowest BCUT2D eigenvalue weighted by Gasteiger charge is -2.62. The largest absolute Gasteiger partial charge is 0.393 e. The molecule has 4 fully saturated rings. The normalized spacial score (nSPS) is 50.7. The lowest BCUT2D eigenvalue weighted by Crippen LogP contribution is -2.58. The van der Waals surface area contributed by atoms with E-state index in [4.69, 9.17) is 0 Å². The van der Waals surface area contributed by atoms with Crippen LogP contribution in [0.4, 0.5) is 0 Å². The average Bonchev–Trinajstić information content (AvgIpc) is 3.00. The summed E-state index contributed by atoms with van der Waals surface area (Å²) in [6, 6.07) is 0. The van der Waals surface area contributed by atoms with Gasteiger partial charge in [-0.1, -0.05) is 53.9 Å². The summed E-state index contributed by atoms with van der Waals surface area (Å²) in [4.78, 5) is 0. The predicted octanol–water partition coefficient (Wildman–Crippen LogP) is 6.44. The van der Waals surface area contributed by atoms with E-state index >= 15 is 0 Å². The van der Waals surface area contributed by atoms with Crippen LogP contribution in [0.2, 0.25) is 0 Å². The number of fused-ring (bicyclic) bond motifs is 5. The van der Waals surface area contributed by atoms with E-state index in [9.17, 15) is 10.2 Å². The van der Waals surface area contributed by atoms with Crippen molar-refractivity contribution in [3.8, 4) is 0 Å². The summed E-state index contributed by atoms with van der Waals surface area (Å²) in [6.45, 7) is 12.4. The molecule has 0 amide bonds. The molecule has 168 valence electrons. The molecule has 2 heteroatoms. The Bertz CT molecular complexity index is 573. The zero-order valence-electron chi connectivity index (χ0n) is 19.9. The molecule has 29 heavy (non-hydrogen) atoms. The topological polar surface area (TPSA) is 40.5 Å². The lowest BCUT2D eigenvalue weighted by molar-refractivity contribution is -0.174. The first-order valence-corrected chi connectivity index (χ1v) is 13.0. The van der Waals surface area contributed by atoms with E-state index in [0.717, 1.165) is 42.9 Å². The fourth-order valence-corrected chi connectivity index (χ4v) is 9.22. The van der Waals surface area contributed by atoms with Crippen molar-refractivity contribution in [1.29, 1.82) is 0 Å². The van der Waals surface area contributed by atoms with Gasteiger partial charge in [0.1, 0.15) is 0 Å². The molecule has 1 unspecified atom stereocenters. The van der Waals surface area contributed by atoms with Crippen molar-refractivity contribution in [2.45, 2.75) is 117 Å². The van der Waals surface area contributed by atoms with Crippen LogP contribution in [-0.4, -0.2) is 22.4 Å². The molecule has 0 saturated heterocycles. The summed E-state index contributed by atoms with van der Waals surface area (Å²) >= 11 is 0. The molecule has 0 aromatic carbocycles. The Balaban J connectivity index is 1.50. The van der Waals surface area contributed by atoms with E-state index < -0.39 is 0 Å². The average molecular weight is 405 g/mol. The third-order valence-corrected chi connectivity index (χ3v) is 10.9. The van der Waals surface area contributed by atoms with Crippen LogP contribution in [0.25, 0.3) is 0 Å². The predicted molar refractivity (Wildman–Crippen MR) is 120 cm³/mol. The molecule has 2 nitrogen and oxygen atoms in total. The highest BCUT2D eigenvalue weighted by Gasteiger charge is 2.62. The van der Waals surface area contributed by atoms with Crippen LogP contribution < -0.4 is 0 Å². The molecule has 0 aromatic rings. The molecule has 4 saturated carbocycles. The number of rotatable bonds is 5. The molecule has 10 atom stereocenters. The second-order valence-corrected chi connectivity index (χ2v) is 12.8. The Morgan fingerprint density at radius 2 is 1.52 bits per heavy atom. The molecule has 4 aliphatic rings. The van der Waals surface area contributed by atoms with E-state index in [1.165, 1.54) is 51.4 Å². The second kappa shape index (κ2) is 8.12. The van der Waals surface area contributed by atoms with Crippen molar-refractivity contribution in [3.05, 3.63) is 0 Å². The van der Waals surface area contributed by atoms with Gasteiger partial charge in [0.2, 0.25) is 0 Å². The molecule has 0 radical (unpaired) electrons. The van der Waals surface area contributed by atoms with Gasteiger partial charge in [-0.3, -0.25) is 0 Å². The Morgan fingerprint density at radius 3 is 2.24 bits per heavy atom. The maximum absolute atomic E-state index is 11.4. The van der Waals surface area contributed by atoms with Gasteiger partial charge in [0.25, 0.3) is 0 Å². The van der Waals surface area contributed by atoms with Crippen LogP contribution in [0.1, 0.15) is 105 Å². The number of hydrogen-bond acceptors (Lipinski definition) is 2. The van der Waals surface area contributed by atoms with Gasteiger partial charge < -0.3 is 10.2 Å². The maximum atomic E-state index is 11.4. The quantitative estimate of drug-likeness (QED) is 0.553. The van der Waals surface area contributed by atoms with Gasteiger partial charge in [0, 0.05) is 0 Å². The smallest absolute Gasteiger partial charge is 0.0577 e. The van der Waals surface area contributed by atoms with Crippen LogP contribution in [0.5, 0.6) is 0 Å². The first kappa shape index (κ1) is 22.1. The van der Waals surface area contributed by atoms with Crippen molar-refractivity contribution in [2.24, 2.45) is 52.3 Å². The van der Waals surface area contributed by atoms with E-state index in [1.807, 2.05) is 0 Å². The van der Waals surface area contributed by atoms with Gasteiger partial charge in [-0.15, -0.1) is 0 Å². The molecular weight excluding hydrogens is 356 g/mol. The zero-order chi connectivity index (χ0) is 21.0. The van der Waals surface area contributed by atoms with E-state index in [-0.39, 0.29) is 12.2 Å². The molecule has 0 aliphatic heterocycles. The van der Waals surface area contributed by atoms with Crippen molar-refractivity contribution in [2.75, 3.05) is 0 Å². The van der Waals surface area contributed by atoms with Gasteiger partial charge in [-0.05, 0) is 104 Å². The lowest BCUT2D eigenvalue weighted by atomic mass is 9.43. The van der Waals surface area contributed by atoms with Crippen molar-refractivity contribution in [1.82, 2.24) is 0 Å². The maximum Gasteiger partial charge on any atom is 0.0577 e. The highest BCUT2D eigenvalue weighted by molar-refractivity contribution is 5.11. The van der Waals surface area contributed by atoms with E-state index in [2.05, 4.69) is 34.6 Å². The van der Waals surface area contributed by atoms with Gasteiger partial charge in [-0.25, -0.2) is 0 Å². The summed E-state index contributed by atoms with van der Waals surface area (Å²) in [5.41, 5.74) is 0.794. The molecule has 0 aromatic heterocycles. The highest BCUT2D eigenvalue weighted by atomic mass is 16.3. The summed E-state index contributed by atoms with van der Waals surface area (Å²) in [7, 11) is 0. The molecule has 0 bridgehead atoms. The van der Waals surface area contributed by atoms with Gasteiger partial charge in [-0.2, -0.15) is 0 Å². The third-order valence-electron chi connectivity index (χ3n) is 10.9. The minimum atomic E-state index is -0.136. The van der Waals surface area contributed by atoms with Crippen molar-refractivity contribution >= 4 is 0 Å². The Labute approximate surface area is 180 Å². The van der Waals surface area contributed by atoms with Crippen molar-refractivity contribution < 1.29 is 10.2 Å². The summed E-state index contributed by atoms with van der Waals surface area (Å²) in [5.74, 6) is 4.94. The van der Waals surface area contributed by atoms with Crippen LogP contribution >= 0.6 is 0 Å². The molecule has 2 N–H and O–H groups in total. The van der Waals surface area contributed by atoms with E-state index in [1.54, 1.807) is 0 Å². The van der Waals surface area contributed by atoms with Crippen LogP contribution in [0, 0.1) is 52.3 Å². The van der Waals surface area contributed by atoms with Crippen LogP contribution in [0.15, 0.2) is 0 Å². The van der Waals surface area contributed by atoms with Gasteiger partial charge >= 0.3 is 0 Å². The summed E-state index contributed by atoms with van der Waals surface area (Å²) in [5, 5.41) is 21.6. The number of hydrogen-bond donors (Lipinski definition) is 2. The fraction of sp³-hybridized carbons (Fsp3) is 1.00. The Hall–Kier alpha value is -0.0800. The van der Waals surface area contributed by atoms with Gasteiger partial charge in [0.05, 0.1) is 12.2 Å². The Kier molecular flexibility index (Phi) is 6.19. The molecular formula is C27H48O2. The summed E-state index contributed by atoms with van der Waals surface area (Å²) < 4.78 is 0. The number of aliphatic hydroxyl groups is 2. The highest BCUT2D eigenvalue weighted by Crippen LogP contribution is 2.68. The standard InChI is InChI=1S/C27H48O2/c1-17(2)7-6-8-18(3)21-9-10-22-25-23(12-14-27(21,22)5)26(4)13-11-20(28)15-19(26)16-24(25)29/h17-25,28-29H,6-16H2,1-5H3/t18-,19?,20+,21-,22+,23+,24-,25+,26+,27-/m1/s1. The monoisotopic (exact) mass is 404 g/mol. The first-order chi connectivity index (χ1) is 13.7. The SMILES string of the molecule is CC(C)CCC[C@@H](C)[C@H]1CC[C@H]2[C@@H]3[C@H](O)CC4C[C@@H](O)CC[C@]4(C)[C@H]3CC[C@]12C. The third kappa shape index (κ3) is 3.73. The Morgan fingerprint density at radius 1 is 0.828 bits per heavy atom. The zero-order valence-corrected chi connectivity index (χ0v) is 19.9. The van der Waals surface area contributed by atoms with Crippen LogP contribution in [-0.2, 0) is 0 Å². The van der Waals surface area contributed by atoms with E-state index in [0.29, 0.717) is 28.6 Å². The minimum absolute atomic E-state index is 0.131. The molecule has 4 aliphatic carbocycles. The summed E-state index contributed by atoms with van der Waals surface area (Å²) in [6.07, 6.45) is 13.3. The molecule has 4 rings (SSSR count). The second-order valence-electron chi connectivity index (χ2n) is 12.8. The fourth-order valence-electron chi connectivity index (χ4n) is 9.22. The molecule has 0 heterocycles. The number of aliphatic hydroxyl groups excluding tert-OH is 2. The first-order valence-electron chi connectivity index (χ1n) is 13.0. The molecule has 0 spiro atoms. The minimum Gasteiger partial charge on any atom is -0.393 e.